The highest BCUT2D eigenvalue weighted by Gasteiger charge is 2.23. The average molecular weight is 481 g/mol. The van der Waals surface area contributed by atoms with Gasteiger partial charge in [-0.05, 0) is 49.5 Å². The van der Waals surface area contributed by atoms with Crippen molar-refractivity contribution in [2.24, 2.45) is 0 Å². The second kappa shape index (κ2) is 12.4. The van der Waals surface area contributed by atoms with E-state index < -0.39 is 17.8 Å². The Hall–Kier alpha value is -2.92. The first kappa shape index (κ1) is 24.7. The Labute approximate surface area is 195 Å². The first-order valence-electron chi connectivity index (χ1n) is 10.9. The van der Waals surface area contributed by atoms with Crippen LogP contribution in [0.2, 0.25) is 0 Å². The van der Waals surface area contributed by atoms with E-state index >= 15 is 0 Å². The van der Waals surface area contributed by atoms with Crippen molar-refractivity contribution in [3.05, 3.63) is 35.1 Å². The molecule has 0 atom stereocenters. The first-order valence-corrected chi connectivity index (χ1v) is 11.7. The number of aromatic carboxylic acids is 1. The molecule has 1 aliphatic carbocycles. The van der Waals surface area contributed by atoms with Crippen molar-refractivity contribution >= 4 is 28.5 Å². The van der Waals surface area contributed by atoms with Crippen molar-refractivity contribution in [3.63, 3.8) is 0 Å². The summed E-state index contributed by atoms with van der Waals surface area (Å²) in [4.78, 5) is 23.9. The highest BCUT2D eigenvalue weighted by molar-refractivity contribution is 7.11. The molecule has 1 aromatic carbocycles. The maximum atomic E-state index is 14.1. The molecule has 0 saturated heterocycles. The van der Waals surface area contributed by atoms with Crippen LogP contribution in [0.1, 0.15) is 54.4 Å². The first-order chi connectivity index (χ1) is 16.0. The van der Waals surface area contributed by atoms with Crippen LogP contribution < -0.4 is 25.4 Å². The molecule has 33 heavy (non-hydrogen) atoms. The molecule has 1 fully saturated rings. The summed E-state index contributed by atoms with van der Waals surface area (Å²) in [6, 6.07) is 4.30. The Morgan fingerprint density at radius 1 is 1.24 bits per heavy atom. The van der Waals surface area contributed by atoms with Crippen LogP contribution in [-0.4, -0.2) is 47.7 Å². The molecule has 3 rings (SSSR count). The Morgan fingerprint density at radius 3 is 2.73 bits per heavy atom. The number of hydrogen-bond acceptors (Lipinski definition) is 7. The zero-order valence-corrected chi connectivity index (χ0v) is 19.3. The van der Waals surface area contributed by atoms with E-state index in [9.17, 15) is 19.1 Å². The predicted molar refractivity (Wildman–Crippen MR) is 123 cm³/mol. The molecule has 9 nitrogen and oxygen atoms in total. The Balaban J connectivity index is 1.48. The van der Waals surface area contributed by atoms with Gasteiger partial charge in [-0.25, -0.2) is 14.0 Å². The van der Waals surface area contributed by atoms with E-state index in [0.717, 1.165) is 24.5 Å². The van der Waals surface area contributed by atoms with Crippen LogP contribution in [0, 0.1) is 5.82 Å². The van der Waals surface area contributed by atoms with Crippen LogP contribution in [0.15, 0.2) is 18.2 Å². The van der Waals surface area contributed by atoms with Gasteiger partial charge in [-0.15, -0.1) is 0 Å². The van der Waals surface area contributed by atoms with Crippen LogP contribution in [0.25, 0.3) is 0 Å². The predicted octanol–water partition coefficient (Wildman–Crippen LogP) is 4.00. The van der Waals surface area contributed by atoms with E-state index in [1.807, 2.05) is 0 Å². The van der Waals surface area contributed by atoms with Crippen LogP contribution in [0.3, 0.4) is 0 Å². The standard InChI is InChI=1S/C22H29FN4O5S/c1-31-16-9-8-14(17(23)12-16)13-32-19-18(21(28)29)20(33-27-19)26-22(30)25-11-5-10-24-15-6-3-2-4-7-15/h8-9,12,15,24H,2-7,10-11,13H2,1H3,(H,28,29)(H2,25,26,30). The van der Waals surface area contributed by atoms with E-state index in [1.54, 1.807) is 6.07 Å². The summed E-state index contributed by atoms with van der Waals surface area (Å²) in [5.41, 5.74) is -0.0581. The third-order valence-electron chi connectivity index (χ3n) is 5.40. The SMILES string of the molecule is COc1ccc(COc2nsc(NC(=O)NCCCNC3CCCCC3)c2C(=O)O)c(F)c1. The van der Waals surface area contributed by atoms with Crippen molar-refractivity contribution in [2.75, 3.05) is 25.5 Å². The number of halogens is 1. The minimum absolute atomic E-state index is 0.0468. The average Bonchev–Trinajstić information content (AvgIpc) is 3.21. The second-order valence-corrected chi connectivity index (χ2v) is 8.54. The number of urea groups is 1. The van der Waals surface area contributed by atoms with Gasteiger partial charge >= 0.3 is 12.0 Å². The van der Waals surface area contributed by atoms with Gasteiger partial charge in [0, 0.05) is 24.2 Å². The maximum Gasteiger partial charge on any atom is 0.344 e. The van der Waals surface area contributed by atoms with E-state index in [0.29, 0.717) is 18.3 Å². The number of carbonyl (C=O) groups excluding carboxylic acids is 1. The summed E-state index contributed by atoms with van der Waals surface area (Å²) in [5.74, 6) is -1.67. The van der Waals surface area contributed by atoms with Crippen molar-refractivity contribution in [3.8, 4) is 11.6 Å². The molecule has 1 saturated carbocycles. The number of nitrogens with zero attached hydrogens (tertiary/aromatic N) is 1. The van der Waals surface area contributed by atoms with Gasteiger partial charge in [0.1, 0.15) is 23.2 Å². The lowest BCUT2D eigenvalue weighted by Gasteiger charge is -2.22. The van der Waals surface area contributed by atoms with Crippen LogP contribution >= 0.6 is 11.5 Å². The van der Waals surface area contributed by atoms with Gasteiger partial charge in [-0.3, -0.25) is 5.32 Å². The van der Waals surface area contributed by atoms with Crippen molar-refractivity contribution in [2.45, 2.75) is 51.2 Å². The fourth-order valence-corrected chi connectivity index (χ4v) is 4.34. The monoisotopic (exact) mass is 480 g/mol. The summed E-state index contributed by atoms with van der Waals surface area (Å²) < 4.78 is 28.4. The molecule has 2 amide bonds. The van der Waals surface area contributed by atoms with Gasteiger partial charge in [0.25, 0.3) is 0 Å². The number of hydrogen-bond donors (Lipinski definition) is 4. The number of carboxylic acid groups (broad SMARTS) is 1. The summed E-state index contributed by atoms with van der Waals surface area (Å²) in [5, 5.41) is 18.3. The van der Waals surface area contributed by atoms with Gasteiger partial charge < -0.3 is 25.2 Å². The van der Waals surface area contributed by atoms with Gasteiger partial charge in [-0.1, -0.05) is 19.3 Å². The van der Waals surface area contributed by atoms with E-state index in [-0.39, 0.29) is 28.6 Å². The largest absolute Gasteiger partial charge is 0.497 e. The quantitative estimate of drug-likeness (QED) is 0.359. The molecule has 0 bridgehead atoms. The Kier molecular flexibility index (Phi) is 9.25. The molecule has 0 aliphatic heterocycles. The van der Waals surface area contributed by atoms with E-state index in [4.69, 9.17) is 9.47 Å². The van der Waals surface area contributed by atoms with Gasteiger partial charge in [0.05, 0.1) is 7.11 Å². The zero-order chi connectivity index (χ0) is 23.6. The number of aromatic nitrogens is 1. The minimum Gasteiger partial charge on any atom is -0.497 e. The maximum absolute atomic E-state index is 14.1. The molecule has 1 aromatic heterocycles. The topological polar surface area (TPSA) is 122 Å². The lowest BCUT2D eigenvalue weighted by Crippen LogP contribution is -2.35. The second-order valence-electron chi connectivity index (χ2n) is 7.77. The number of ether oxygens (including phenoxy) is 2. The molecule has 0 radical (unpaired) electrons. The number of nitrogens with one attached hydrogen (secondary N) is 3. The summed E-state index contributed by atoms with van der Waals surface area (Å²) in [6.45, 7) is 1.04. The van der Waals surface area contributed by atoms with Crippen LogP contribution in [0.5, 0.6) is 11.6 Å². The summed E-state index contributed by atoms with van der Waals surface area (Å²) >= 11 is 0.787. The van der Waals surface area contributed by atoms with Crippen molar-refractivity contribution < 1.29 is 28.6 Å². The number of carbonyl (C=O) groups is 2. The fraction of sp³-hybridized carbons (Fsp3) is 0.500. The summed E-state index contributed by atoms with van der Waals surface area (Å²) in [7, 11) is 1.43. The highest BCUT2D eigenvalue weighted by atomic mass is 32.1. The smallest absolute Gasteiger partial charge is 0.344 e. The lowest BCUT2D eigenvalue weighted by molar-refractivity contribution is 0.0693. The van der Waals surface area contributed by atoms with Crippen LogP contribution in [-0.2, 0) is 6.61 Å². The number of carboxylic acids is 1. The number of amides is 2. The number of anilines is 1. The third-order valence-corrected chi connectivity index (χ3v) is 6.15. The molecule has 0 unspecified atom stereocenters. The molecular formula is C22H29FN4O5S. The number of rotatable bonds is 11. The van der Waals surface area contributed by atoms with Crippen molar-refractivity contribution in [1.29, 1.82) is 0 Å². The number of methoxy groups -OCH3 is 1. The highest BCUT2D eigenvalue weighted by Crippen LogP contribution is 2.31. The van der Waals surface area contributed by atoms with E-state index in [1.165, 1.54) is 51.3 Å². The fourth-order valence-electron chi connectivity index (χ4n) is 3.62. The molecular weight excluding hydrogens is 451 g/mol. The molecule has 1 aliphatic rings. The number of benzene rings is 1. The van der Waals surface area contributed by atoms with Crippen LogP contribution in [0.4, 0.5) is 14.2 Å². The zero-order valence-electron chi connectivity index (χ0n) is 18.5. The Morgan fingerprint density at radius 2 is 2.03 bits per heavy atom. The Bertz CT molecular complexity index is 949. The van der Waals surface area contributed by atoms with Gasteiger partial charge in [0.15, 0.2) is 5.56 Å². The molecule has 11 heteroatoms. The van der Waals surface area contributed by atoms with E-state index in [2.05, 4.69) is 20.3 Å². The molecule has 180 valence electrons. The lowest BCUT2D eigenvalue weighted by atomic mass is 9.95. The summed E-state index contributed by atoms with van der Waals surface area (Å²) in [6.07, 6.45) is 7.00. The minimum atomic E-state index is -1.30. The molecule has 1 heterocycles. The van der Waals surface area contributed by atoms with Gasteiger partial charge in [0.2, 0.25) is 5.88 Å². The van der Waals surface area contributed by atoms with Gasteiger partial charge in [-0.2, -0.15) is 4.37 Å². The molecule has 4 N–H and O–H groups in total. The normalized spacial score (nSPS) is 14.0. The molecule has 2 aromatic rings. The van der Waals surface area contributed by atoms with Crippen molar-refractivity contribution in [1.82, 2.24) is 15.0 Å². The molecule has 0 spiro atoms. The third kappa shape index (κ3) is 7.29.